The number of nitrogens with one attached hydrogen (secondary N) is 1. The standard InChI is InChI=1S/C14H17ClN2O3/c15-11-5-2-1-4-10(11)12-6-3-7-17(12)9-13(18)16-8-14(19)20/h1-2,4-5,12H,3,6-9H2,(H,16,18)(H,19,20). The number of hydrogen-bond donors (Lipinski definition) is 2. The van der Waals surface area contributed by atoms with E-state index < -0.39 is 5.97 Å². The molecule has 1 atom stereocenters. The largest absolute Gasteiger partial charge is 0.480 e. The van der Waals surface area contributed by atoms with Crippen molar-refractivity contribution in [2.24, 2.45) is 0 Å². The van der Waals surface area contributed by atoms with Gasteiger partial charge in [-0.25, -0.2) is 0 Å². The molecule has 1 aromatic carbocycles. The van der Waals surface area contributed by atoms with Crippen molar-refractivity contribution in [2.75, 3.05) is 19.6 Å². The highest BCUT2D eigenvalue weighted by molar-refractivity contribution is 6.31. The number of hydrogen-bond acceptors (Lipinski definition) is 3. The van der Waals surface area contributed by atoms with Crippen LogP contribution in [0.1, 0.15) is 24.4 Å². The van der Waals surface area contributed by atoms with Crippen LogP contribution in [0.3, 0.4) is 0 Å². The van der Waals surface area contributed by atoms with Crippen molar-refractivity contribution in [3.05, 3.63) is 34.9 Å². The lowest BCUT2D eigenvalue weighted by atomic mass is 10.0. The summed E-state index contributed by atoms with van der Waals surface area (Å²) in [6, 6.07) is 7.75. The molecule has 1 fully saturated rings. The summed E-state index contributed by atoms with van der Waals surface area (Å²) in [5, 5.41) is 11.6. The lowest BCUT2D eigenvalue weighted by Gasteiger charge is -2.24. The first-order valence-electron chi connectivity index (χ1n) is 6.55. The van der Waals surface area contributed by atoms with E-state index in [1.54, 1.807) is 0 Å². The van der Waals surface area contributed by atoms with Gasteiger partial charge in [0.05, 0.1) is 6.54 Å². The molecule has 0 saturated carbocycles. The first-order valence-corrected chi connectivity index (χ1v) is 6.92. The van der Waals surface area contributed by atoms with Gasteiger partial charge in [0.2, 0.25) is 5.91 Å². The monoisotopic (exact) mass is 296 g/mol. The number of carboxylic acid groups (broad SMARTS) is 1. The number of benzene rings is 1. The Kier molecular flexibility index (Phi) is 4.98. The second kappa shape index (κ2) is 6.72. The third-order valence-electron chi connectivity index (χ3n) is 3.41. The fourth-order valence-corrected chi connectivity index (χ4v) is 2.79. The zero-order valence-corrected chi connectivity index (χ0v) is 11.8. The van der Waals surface area contributed by atoms with Gasteiger partial charge in [0, 0.05) is 11.1 Å². The highest BCUT2D eigenvalue weighted by Crippen LogP contribution is 2.35. The number of carboxylic acids is 1. The molecule has 1 aliphatic rings. The number of nitrogens with zero attached hydrogens (tertiary/aromatic N) is 1. The van der Waals surface area contributed by atoms with Crippen LogP contribution in [0, 0.1) is 0 Å². The van der Waals surface area contributed by atoms with E-state index in [0.29, 0.717) is 5.02 Å². The average Bonchev–Trinajstić information content (AvgIpc) is 2.85. The third kappa shape index (κ3) is 3.71. The topological polar surface area (TPSA) is 69.6 Å². The molecule has 0 aromatic heterocycles. The lowest BCUT2D eigenvalue weighted by Crippen LogP contribution is -2.39. The number of likely N-dealkylation sites (tertiary alicyclic amines) is 1. The van der Waals surface area contributed by atoms with Crippen LogP contribution in [0.15, 0.2) is 24.3 Å². The lowest BCUT2D eigenvalue weighted by molar-refractivity contribution is -0.138. The summed E-state index contributed by atoms with van der Waals surface area (Å²) in [4.78, 5) is 24.2. The maximum absolute atomic E-state index is 11.7. The van der Waals surface area contributed by atoms with Gasteiger partial charge in [-0.05, 0) is 31.0 Å². The van der Waals surface area contributed by atoms with Gasteiger partial charge >= 0.3 is 5.97 Å². The van der Waals surface area contributed by atoms with E-state index in [-0.39, 0.29) is 25.0 Å². The zero-order chi connectivity index (χ0) is 14.5. The van der Waals surface area contributed by atoms with Gasteiger partial charge in [-0.2, -0.15) is 0 Å². The number of rotatable bonds is 5. The summed E-state index contributed by atoms with van der Waals surface area (Å²) in [7, 11) is 0. The summed E-state index contributed by atoms with van der Waals surface area (Å²) < 4.78 is 0. The average molecular weight is 297 g/mol. The van der Waals surface area contributed by atoms with Crippen LogP contribution in [0.25, 0.3) is 0 Å². The van der Waals surface area contributed by atoms with Gasteiger partial charge in [0.1, 0.15) is 6.54 Å². The van der Waals surface area contributed by atoms with E-state index in [9.17, 15) is 9.59 Å². The van der Waals surface area contributed by atoms with Gasteiger partial charge in [0.25, 0.3) is 0 Å². The normalized spacial score (nSPS) is 18.9. The Morgan fingerprint density at radius 2 is 2.15 bits per heavy atom. The number of aliphatic carboxylic acids is 1. The summed E-state index contributed by atoms with van der Waals surface area (Å²) in [5.74, 6) is -1.31. The highest BCUT2D eigenvalue weighted by atomic mass is 35.5. The first-order chi connectivity index (χ1) is 9.58. The van der Waals surface area contributed by atoms with E-state index >= 15 is 0 Å². The zero-order valence-electron chi connectivity index (χ0n) is 11.0. The van der Waals surface area contributed by atoms with E-state index in [1.807, 2.05) is 29.2 Å². The van der Waals surface area contributed by atoms with Crippen molar-refractivity contribution in [3.63, 3.8) is 0 Å². The maximum Gasteiger partial charge on any atom is 0.322 e. The molecule has 1 aromatic rings. The van der Waals surface area contributed by atoms with E-state index in [2.05, 4.69) is 5.32 Å². The minimum absolute atomic E-state index is 0.124. The molecule has 0 bridgehead atoms. The molecule has 0 spiro atoms. The summed E-state index contributed by atoms with van der Waals surface area (Å²) >= 11 is 6.20. The third-order valence-corrected chi connectivity index (χ3v) is 3.76. The van der Waals surface area contributed by atoms with Crippen molar-refractivity contribution in [3.8, 4) is 0 Å². The number of halogens is 1. The minimum Gasteiger partial charge on any atom is -0.480 e. The predicted molar refractivity (Wildman–Crippen MR) is 75.6 cm³/mol. The highest BCUT2D eigenvalue weighted by Gasteiger charge is 2.28. The summed E-state index contributed by atoms with van der Waals surface area (Å²) in [5.41, 5.74) is 1.03. The molecule has 1 unspecified atom stereocenters. The fraction of sp³-hybridized carbons (Fsp3) is 0.429. The molecule has 0 radical (unpaired) electrons. The number of carbonyl (C=O) groups is 2. The molecule has 108 valence electrons. The van der Waals surface area contributed by atoms with E-state index in [4.69, 9.17) is 16.7 Å². The Morgan fingerprint density at radius 3 is 2.85 bits per heavy atom. The molecule has 2 rings (SSSR count). The molecule has 1 aliphatic heterocycles. The molecule has 5 nitrogen and oxygen atoms in total. The van der Waals surface area contributed by atoms with Crippen LogP contribution in [0.5, 0.6) is 0 Å². The smallest absolute Gasteiger partial charge is 0.322 e. The summed E-state index contributed by atoms with van der Waals surface area (Å²) in [6.07, 6.45) is 1.96. The SMILES string of the molecule is O=C(O)CNC(=O)CN1CCCC1c1ccccc1Cl. The Balaban J connectivity index is 1.99. The molecule has 2 N–H and O–H groups in total. The van der Waals surface area contributed by atoms with Crippen molar-refractivity contribution in [2.45, 2.75) is 18.9 Å². The predicted octanol–water partition coefficient (Wildman–Crippen LogP) is 1.68. The molecule has 6 heteroatoms. The van der Waals surface area contributed by atoms with Gasteiger partial charge in [-0.15, -0.1) is 0 Å². The molecule has 1 amide bonds. The molecule has 1 saturated heterocycles. The Bertz CT molecular complexity index is 507. The molecule has 0 aliphatic carbocycles. The number of amides is 1. The van der Waals surface area contributed by atoms with Crippen LogP contribution in [-0.4, -0.2) is 41.5 Å². The molecular formula is C14H17ClN2O3. The van der Waals surface area contributed by atoms with Gasteiger partial charge in [-0.3, -0.25) is 14.5 Å². The van der Waals surface area contributed by atoms with Crippen LogP contribution in [-0.2, 0) is 9.59 Å². The Morgan fingerprint density at radius 1 is 1.40 bits per heavy atom. The van der Waals surface area contributed by atoms with Crippen molar-refractivity contribution < 1.29 is 14.7 Å². The van der Waals surface area contributed by atoms with Crippen molar-refractivity contribution >= 4 is 23.5 Å². The molecular weight excluding hydrogens is 280 g/mol. The second-order valence-electron chi connectivity index (χ2n) is 4.82. The van der Waals surface area contributed by atoms with Gasteiger partial charge in [0.15, 0.2) is 0 Å². The molecule has 1 heterocycles. The quantitative estimate of drug-likeness (QED) is 0.867. The van der Waals surface area contributed by atoms with Crippen molar-refractivity contribution in [1.29, 1.82) is 0 Å². The van der Waals surface area contributed by atoms with E-state index in [0.717, 1.165) is 24.9 Å². The minimum atomic E-state index is -1.04. The number of carbonyl (C=O) groups excluding carboxylic acids is 1. The fourth-order valence-electron chi connectivity index (χ4n) is 2.53. The van der Waals surface area contributed by atoms with Gasteiger partial charge in [-0.1, -0.05) is 29.8 Å². The van der Waals surface area contributed by atoms with Crippen LogP contribution in [0.2, 0.25) is 5.02 Å². The summed E-state index contributed by atoms with van der Waals surface area (Å²) in [6.45, 7) is 0.670. The maximum atomic E-state index is 11.7. The van der Waals surface area contributed by atoms with Crippen molar-refractivity contribution in [1.82, 2.24) is 10.2 Å². The Labute approximate surface area is 122 Å². The van der Waals surface area contributed by atoms with Gasteiger partial charge < -0.3 is 10.4 Å². The van der Waals surface area contributed by atoms with Crippen LogP contribution < -0.4 is 5.32 Å². The van der Waals surface area contributed by atoms with Crippen LogP contribution in [0.4, 0.5) is 0 Å². The Hall–Kier alpha value is -1.59. The van der Waals surface area contributed by atoms with E-state index in [1.165, 1.54) is 0 Å². The second-order valence-corrected chi connectivity index (χ2v) is 5.23. The molecule has 20 heavy (non-hydrogen) atoms. The first kappa shape index (κ1) is 14.8. The van der Waals surface area contributed by atoms with Crippen LogP contribution >= 0.6 is 11.6 Å².